The van der Waals surface area contributed by atoms with Crippen molar-refractivity contribution < 1.29 is 9.59 Å². The minimum Gasteiger partial charge on any atom is -0.347 e. The highest BCUT2D eigenvalue weighted by molar-refractivity contribution is 5.97. The van der Waals surface area contributed by atoms with E-state index in [-0.39, 0.29) is 11.8 Å². The molecular weight excluding hydrogens is 340 g/mol. The van der Waals surface area contributed by atoms with Gasteiger partial charge in [-0.15, -0.1) is 0 Å². The second kappa shape index (κ2) is 7.55. The highest BCUT2D eigenvalue weighted by Crippen LogP contribution is 2.23. The third kappa shape index (κ3) is 3.48. The van der Waals surface area contributed by atoms with Gasteiger partial charge in [0.25, 0.3) is 11.8 Å². The second-order valence-electron chi connectivity index (χ2n) is 7.45. The number of carbonyl (C=O) groups excluding carboxylic acids is 2. The molecule has 27 heavy (non-hydrogen) atoms. The molecule has 2 aromatic rings. The molecule has 6 nitrogen and oxygen atoms in total. The molecule has 2 amide bonds. The molecule has 1 aromatic heterocycles. The number of carbonyl (C=O) groups is 2. The second-order valence-corrected chi connectivity index (χ2v) is 7.45. The number of nitrogens with zero attached hydrogens (tertiary/aromatic N) is 3. The highest BCUT2D eigenvalue weighted by atomic mass is 16.2. The van der Waals surface area contributed by atoms with Crippen LogP contribution in [0.5, 0.6) is 0 Å². The Morgan fingerprint density at radius 2 is 1.81 bits per heavy atom. The van der Waals surface area contributed by atoms with Gasteiger partial charge in [0.1, 0.15) is 5.69 Å². The molecule has 0 atom stereocenters. The first-order valence-corrected chi connectivity index (χ1v) is 9.86. The van der Waals surface area contributed by atoms with Gasteiger partial charge in [0.05, 0.1) is 5.69 Å². The molecule has 0 bridgehead atoms. The first-order valence-electron chi connectivity index (χ1n) is 9.86. The van der Waals surface area contributed by atoms with E-state index in [9.17, 15) is 9.59 Å². The van der Waals surface area contributed by atoms with E-state index in [4.69, 9.17) is 0 Å². The normalized spacial score (nSPS) is 16.3. The van der Waals surface area contributed by atoms with Crippen LogP contribution in [0.3, 0.4) is 0 Å². The van der Waals surface area contributed by atoms with E-state index >= 15 is 0 Å². The fourth-order valence-corrected chi connectivity index (χ4v) is 4.02. The molecule has 4 rings (SSSR count). The van der Waals surface area contributed by atoms with Crippen LogP contribution in [-0.2, 0) is 19.5 Å². The number of nitrogens with one attached hydrogen (secondary N) is 1. The maximum absolute atomic E-state index is 12.9. The van der Waals surface area contributed by atoms with Crippen LogP contribution in [0.4, 0.5) is 0 Å². The van der Waals surface area contributed by atoms with Gasteiger partial charge in [0.15, 0.2) is 5.82 Å². The minimum absolute atomic E-state index is 0.0337. The van der Waals surface area contributed by atoms with E-state index in [2.05, 4.69) is 10.3 Å². The molecule has 2 aliphatic rings. The Morgan fingerprint density at radius 1 is 1.07 bits per heavy atom. The lowest BCUT2D eigenvalue weighted by atomic mass is 10.1. The molecule has 1 fully saturated rings. The Morgan fingerprint density at radius 3 is 2.59 bits per heavy atom. The average Bonchev–Trinajstić information content (AvgIpc) is 3.35. The monoisotopic (exact) mass is 366 g/mol. The van der Waals surface area contributed by atoms with Crippen molar-refractivity contribution in [1.29, 1.82) is 0 Å². The van der Waals surface area contributed by atoms with Crippen molar-refractivity contribution in [2.24, 2.45) is 0 Å². The number of hydrogen-bond donors (Lipinski definition) is 1. The molecule has 6 heteroatoms. The standard InChI is InChI=1S/C21H26N4O2/c1-15-8-2-3-9-16(15)14-22-20(26)18-17-10-4-5-13-25(17)19(23-18)21(27)24-11-6-7-12-24/h2-3,8-9H,4-7,10-14H2,1H3,(H,22,26). The highest BCUT2D eigenvalue weighted by Gasteiger charge is 2.30. The van der Waals surface area contributed by atoms with Crippen LogP contribution in [0, 0.1) is 6.92 Å². The number of amides is 2. The summed E-state index contributed by atoms with van der Waals surface area (Å²) in [5, 5.41) is 2.99. The van der Waals surface area contributed by atoms with E-state index in [0.717, 1.165) is 68.6 Å². The van der Waals surface area contributed by atoms with Crippen molar-refractivity contribution in [3.8, 4) is 0 Å². The number of imidazole rings is 1. The molecule has 0 radical (unpaired) electrons. The SMILES string of the molecule is Cc1ccccc1CNC(=O)c1nc(C(=O)N2CCCC2)n2c1CCCC2. The molecule has 1 aromatic carbocycles. The summed E-state index contributed by atoms with van der Waals surface area (Å²) >= 11 is 0. The molecule has 0 unspecified atom stereocenters. The molecule has 2 aliphatic heterocycles. The maximum atomic E-state index is 12.9. The van der Waals surface area contributed by atoms with E-state index < -0.39 is 0 Å². The van der Waals surface area contributed by atoms with Crippen molar-refractivity contribution in [3.63, 3.8) is 0 Å². The lowest BCUT2D eigenvalue weighted by Gasteiger charge is -2.19. The maximum Gasteiger partial charge on any atom is 0.289 e. The summed E-state index contributed by atoms with van der Waals surface area (Å²) in [7, 11) is 0. The number of aromatic nitrogens is 2. The number of likely N-dealkylation sites (tertiary alicyclic amines) is 1. The van der Waals surface area contributed by atoms with Gasteiger partial charge in [0, 0.05) is 26.2 Å². The first-order chi connectivity index (χ1) is 13.1. The van der Waals surface area contributed by atoms with Gasteiger partial charge in [-0.2, -0.15) is 0 Å². The quantitative estimate of drug-likeness (QED) is 0.905. The smallest absolute Gasteiger partial charge is 0.289 e. The van der Waals surface area contributed by atoms with Crippen molar-refractivity contribution >= 4 is 11.8 Å². The molecule has 1 N–H and O–H groups in total. The fraction of sp³-hybridized carbons (Fsp3) is 0.476. The fourth-order valence-electron chi connectivity index (χ4n) is 4.02. The van der Waals surface area contributed by atoms with Gasteiger partial charge in [0.2, 0.25) is 0 Å². The Hall–Kier alpha value is -2.63. The minimum atomic E-state index is -0.190. The van der Waals surface area contributed by atoms with Crippen molar-refractivity contribution in [2.45, 2.75) is 52.1 Å². The lowest BCUT2D eigenvalue weighted by Crippen LogP contribution is -2.31. The first kappa shape index (κ1) is 17.8. The van der Waals surface area contributed by atoms with Crippen molar-refractivity contribution in [3.05, 3.63) is 52.6 Å². The summed E-state index contributed by atoms with van der Waals surface area (Å²) in [5.41, 5.74) is 3.57. The van der Waals surface area contributed by atoms with Crippen molar-refractivity contribution in [2.75, 3.05) is 13.1 Å². The van der Waals surface area contributed by atoms with E-state index in [1.165, 1.54) is 0 Å². The van der Waals surface area contributed by atoms with Gasteiger partial charge in [-0.05, 0) is 50.2 Å². The van der Waals surface area contributed by atoms with Crippen LogP contribution < -0.4 is 5.32 Å². The van der Waals surface area contributed by atoms with Gasteiger partial charge < -0.3 is 14.8 Å². The summed E-state index contributed by atoms with van der Waals surface area (Å²) < 4.78 is 1.98. The molecule has 142 valence electrons. The molecule has 3 heterocycles. The van der Waals surface area contributed by atoms with E-state index in [0.29, 0.717) is 18.1 Å². The number of benzene rings is 1. The van der Waals surface area contributed by atoms with E-state index in [1.54, 1.807) is 0 Å². The largest absolute Gasteiger partial charge is 0.347 e. The Labute approximate surface area is 159 Å². The van der Waals surface area contributed by atoms with Crippen LogP contribution in [-0.4, -0.2) is 39.4 Å². The van der Waals surface area contributed by atoms with Crippen LogP contribution in [0.15, 0.2) is 24.3 Å². The lowest BCUT2D eigenvalue weighted by molar-refractivity contribution is 0.0774. The zero-order valence-electron chi connectivity index (χ0n) is 15.8. The van der Waals surface area contributed by atoms with Crippen LogP contribution in [0.25, 0.3) is 0 Å². The number of hydrogen-bond acceptors (Lipinski definition) is 3. The summed E-state index contributed by atoms with van der Waals surface area (Å²) in [5.74, 6) is 0.214. The summed E-state index contributed by atoms with van der Waals surface area (Å²) in [6, 6.07) is 8.01. The third-order valence-corrected chi connectivity index (χ3v) is 5.62. The number of fused-ring (bicyclic) bond motifs is 1. The Kier molecular flexibility index (Phi) is 4.97. The molecule has 1 saturated heterocycles. The zero-order chi connectivity index (χ0) is 18.8. The topological polar surface area (TPSA) is 67.2 Å². The molecule has 0 spiro atoms. The Bertz CT molecular complexity index is 865. The van der Waals surface area contributed by atoms with Gasteiger partial charge in [-0.25, -0.2) is 4.98 Å². The summed E-state index contributed by atoms with van der Waals surface area (Å²) in [6.45, 7) is 4.84. The van der Waals surface area contributed by atoms with Crippen molar-refractivity contribution in [1.82, 2.24) is 19.8 Å². The number of rotatable bonds is 4. The van der Waals surface area contributed by atoms with Crippen LogP contribution in [0.1, 0.15) is 63.6 Å². The molecule has 0 saturated carbocycles. The summed E-state index contributed by atoms with van der Waals surface area (Å²) in [4.78, 5) is 32.1. The predicted octanol–water partition coefficient (Wildman–Crippen LogP) is 2.69. The van der Waals surface area contributed by atoms with Crippen LogP contribution in [0.2, 0.25) is 0 Å². The zero-order valence-corrected chi connectivity index (χ0v) is 15.8. The number of aryl methyl sites for hydroxylation is 1. The summed E-state index contributed by atoms with van der Waals surface area (Å²) in [6.07, 6.45) is 4.94. The third-order valence-electron chi connectivity index (χ3n) is 5.62. The van der Waals surface area contributed by atoms with Gasteiger partial charge >= 0.3 is 0 Å². The predicted molar refractivity (Wildman–Crippen MR) is 103 cm³/mol. The Balaban J connectivity index is 1.57. The van der Waals surface area contributed by atoms with Gasteiger partial charge in [-0.3, -0.25) is 9.59 Å². The average molecular weight is 366 g/mol. The van der Waals surface area contributed by atoms with Gasteiger partial charge in [-0.1, -0.05) is 24.3 Å². The van der Waals surface area contributed by atoms with Crippen LogP contribution >= 0.6 is 0 Å². The van der Waals surface area contributed by atoms with E-state index in [1.807, 2.05) is 40.7 Å². The molecular formula is C21H26N4O2. The molecule has 0 aliphatic carbocycles.